The van der Waals surface area contributed by atoms with Gasteiger partial charge in [0.25, 0.3) is 0 Å². The van der Waals surface area contributed by atoms with Gasteiger partial charge in [0, 0.05) is 19.7 Å². The molecule has 0 N–H and O–H groups in total. The van der Waals surface area contributed by atoms with Crippen molar-refractivity contribution in [2.45, 2.75) is 79.1 Å². The molecule has 0 spiro atoms. The minimum atomic E-state index is 0.727. The summed E-state index contributed by atoms with van der Waals surface area (Å²) in [6, 6.07) is 0. The molecule has 0 aliphatic heterocycles. The zero-order chi connectivity index (χ0) is 18.0. The lowest BCUT2D eigenvalue weighted by Gasteiger charge is -2.21. The first-order valence-corrected chi connectivity index (χ1v) is 10.5. The normalized spacial score (nSPS) is 13.1. The van der Waals surface area contributed by atoms with Gasteiger partial charge in [-0.1, -0.05) is 59.8 Å². The minimum Gasteiger partial charge on any atom is -0.379 e. The van der Waals surface area contributed by atoms with Crippen LogP contribution in [0.25, 0.3) is 0 Å². The topological polar surface area (TPSA) is 21.7 Å². The molecule has 1 unspecified atom stereocenters. The molecule has 0 amide bonds. The molecular formula is C21H45NO2. The second kappa shape index (κ2) is 17.7. The summed E-state index contributed by atoms with van der Waals surface area (Å²) in [5.74, 6) is 1.67. The van der Waals surface area contributed by atoms with Crippen molar-refractivity contribution >= 4 is 0 Å². The molecule has 146 valence electrons. The highest BCUT2D eigenvalue weighted by Crippen LogP contribution is 2.14. The van der Waals surface area contributed by atoms with Gasteiger partial charge < -0.3 is 14.4 Å². The van der Waals surface area contributed by atoms with E-state index in [-0.39, 0.29) is 0 Å². The fourth-order valence-corrected chi connectivity index (χ4v) is 3.17. The van der Waals surface area contributed by atoms with Crippen LogP contribution in [-0.2, 0) is 9.47 Å². The molecule has 0 aliphatic rings. The third kappa shape index (κ3) is 15.4. The van der Waals surface area contributed by atoms with Crippen molar-refractivity contribution in [2.24, 2.45) is 11.8 Å². The summed E-state index contributed by atoms with van der Waals surface area (Å²) in [7, 11) is 2.20. The van der Waals surface area contributed by atoms with Gasteiger partial charge in [0.1, 0.15) is 0 Å². The SMILES string of the molecule is CCCCCC(C)CN(C)CCOCCOCCCC(CC)CC. The van der Waals surface area contributed by atoms with E-state index in [1.165, 1.54) is 57.9 Å². The van der Waals surface area contributed by atoms with Crippen LogP contribution in [-0.4, -0.2) is 51.5 Å². The summed E-state index contributed by atoms with van der Waals surface area (Å²) in [4.78, 5) is 2.40. The quantitative estimate of drug-likeness (QED) is 0.312. The Labute approximate surface area is 152 Å². The van der Waals surface area contributed by atoms with Crippen molar-refractivity contribution in [1.29, 1.82) is 0 Å². The van der Waals surface area contributed by atoms with Gasteiger partial charge in [-0.2, -0.15) is 0 Å². The summed E-state index contributed by atoms with van der Waals surface area (Å²) < 4.78 is 11.3. The summed E-state index contributed by atoms with van der Waals surface area (Å²) in [6.07, 6.45) is 10.5. The Morgan fingerprint density at radius 1 is 0.792 bits per heavy atom. The van der Waals surface area contributed by atoms with Gasteiger partial charge in [-0.05, 0) is 38.1 Å². The van der Waals surface area contributed by atoms with Crippen molar-refractivity contribution in [1.82, 2.24) is 4.90 Å². The zero-order valence-corrected chi connectivity index (χ0v) is 17.3. The number of likely N-dealkylation sites (N-methyl/N-ethyl adjacent to an activating group) is 1. The Balaban J connectivity index is 3.34. The number of nitrogens with zero attached hydrogens (tertiary/aromatic N) is 1. The molecule has 24 heavy (non-hydrogen) atoms. The highest BCUT2D eigenvalue weighted by Gasteiger charge is 2.06. The molecule has 0 fully saturated rings. The molecule has 0 heterocycles. The summed E-state index contributed by atoms with van der Waals surface area (Å²) in [5, 5.41) is 0. The van der Waals surface area contributed by atoms with E-state index in [2.05, 4.69) is 39.6 Å². The molecular weight excluding hydrogens is 298 g/mol. The number of hydrogen-bond donors (Lipinski definition) is 0. The molecule has 3 heteroatoms. The summed E-state index contributed by atoms with van der Waals surface area (Å²) >= 11 is 0. The molecule has 3 nitrogen and oxygen atoms in total. The van der Waals surface area contributed by atoms with Crippen LogP contribution in [0.5, 0.6) is 0 Å². The number of hydrogen-bond acceptors (Lipinski definition) is 3. The van der Waals surface area contributed by atoms with Gasteiger partial charge >= 0.3 is 0 Å². The molecule has 0 aromatic heterocycles. The van der Waals surface area contributed by atoms with Crippen molar-refractivity contribution < 1.29 is 9.47 Å². The van der Waals surface area contributed by atoms with Gasteiger partial charge in [-0.15, -0.1) is 0 Å². The van der Waals surface area contributed by atoms with Gasteiger partial charge in [0.05, 0.1) is 19.8 Å². The molecule has 0 bridgehead atoms. The maximum Gasteiger partial charge on any atom is 0.0701 e. The first kappa shape index (κ1) is 23.9. The van der Waals surface area contributed by atoms with Crippen LogP contribution < -0.4 is 0 Å². The van der Waals surface area contributed by atoms with Gasteiger partial charge in [0.15, 0.2) is 0 Å². The first-order chi connectivity index (χ1) is 11.6. The molecule has 0 aromatic rings. The average Bonchev–Trinajstić information content (AvgIpc) is 2.57. The van der Waals surface area contributed by atoms with Crippen LogP contribution in [0.2, 0.25) is 0 Å². The molecule has 0 aliphatic carbocycles. The summed E-state index contributed by atoms with van der Waals surface area (Å²) in [6.45, 7) is 14.6. The Morgan fingerprint density at radius 3 is 2.08 bits per heavy atom. The smallest absolute Gasteiger partial charge is 0.0701 e. The summed E-state index contributed by atoms with van der Waals surface area (Å²) in [5.41, 5.74) is 0. The maximum atomic E-state index is 5.69. The van der Waals surface area contributed by atoms with Crippen LogP contribution in [0, 0.1) is 11.8 Å². The lowest BCUT2D eigenvalue weighted by Crippen LogP contribution is -2.28. The van der Waals surface area contributed by atoms with Gasteiger partial charge in [-0.25, -0.2) is 0 Å². The third-order valence-electron chi connectivity index (χ3n) is 4.97. The van der Waals surface area contributed by atoms with Crippen molar-refractivity contribution in [3.8, 4) is 0 Å². The van der Waals surface area contributed by atoms with Crippen LogP contribution in [0.4, 0.5) is 0 Å². The molecule has 0 rings (SSSR count). The number of rotatable bonds is 18. The monoisotopic (exact) mass is 343 g/mol. The zero-order valence-electron chi connectivity index (χ0n) is 17.3. The van der Waals surface area contributed by atoms with E-state index in [4.69, 9.17) is 9.47 Å². The van der Waals surface area contributed by atoms with E-state index >= 15 is 0 Å². The van der Waals surface area contributed by atoms with Crippen molar-refractivity contribution in [3.63, 3.8) is 0 Å². The Morgan fingerprint density at radius 2 is 1.46 bits per heavy atom. The molecule has 1 atom stereocenters. The van der Waals surface area contributed by atoms with E-state index in [9.17, 15) is 0 Å². The van der Waals surface area contributed by atoms with Crippen molar-refractivity contribution in [3.05, 3.63) is 0 Å². The van der Waals surface area contributed by atoms with Crippen LogP contribution >= 0.6 is 0 Å². The fourth-order valence-electron chi connectivity index (χ4n) is 3.17. The lowest BCUT2D eigenvalue weighted by molar-refractivity contribution is 0.0377. The largest absolute Gasteiger partial charge is 0.379 e. The predicted molar refractivity (Wildman–Crippen MR) is 106 cm³/mol. The fraction of sp³-hybridized carbons (Fsp3) is 1.00. The highest BCUT2D eigenvalue weighted by molar-refractivity contribution is 4.59. The molecule has 0 saturated heterocycles. The second-order valence-electron chi connectivity index (χ2n) is 7.41. The van der Waals surface area contributed by atoms with Gasteiger partial charge in [0.2, 0.25) is 0 Å². The average molecular weight is 344 g/mol. The Hall–Kier alpha value is -0.120. The minimum absolute atomic E-state index is 0.727. The molecule has 0 aromatic carbocycles. The Bertz CT molecular complexity index is 244. The van der Waals surface area contributed by atoms with E-state index in [1.54, 1.807) is 0 Å². The van der Waals surface area contributed by atoms with E-state index in [1.807, 2.05) is 0 Å². The molecule has 0 saturated carbocycles. The maximum absolute atomic E-state index is 5.69. The van der Waals surface area contributed by atoms with E-state index in [0.717, 1.165) is 44.8 Å². The Kier molecular flexibility index (Phi) is 17.6. The second-order valence-corrected chi connectivity index (χ2v) is 7.41. The van der Waals surface area contributed by atoms with Crippen LogP contribution in [0.15, 0.2) is 0 Å². The standard InChI is InChI=1S/C21H45NO2/c1-6-9-10-12-20(4)19-22(5)14-16-24-18-17-23-15-11-13-21(7-2)8-3/h20-21H,6-19H2,1-5H3. The highest BCUT2D eigenvalue weighted by atomic mass is 16.5. The number of unbranched alkanes of at least 4 members (excludes halogenated alkanes) is 2. The lowest BCUT2D eigenvalue weighted by atomic mass is 9.98. The van der Waals surface area contributed by atoms with Crippen LogP contribution in [0.3, 0.4) is 0 Å². The van der Waals surface area contributed by atoms with Crippen molar-refractivity contribution in [2.75, 3.05) is 46.6 Å². The molecule has 0 radical (unpaired) electrons. The van der Waals surface area contributed by atoms with E-state index < -0.39 is 0 Å². The number of ether oxygens (including phenoxy) is 2. The van der Waals surface area contributed by atoms with Crippen LogP contribution in [0.1, 0.15) is 79.1 Å². The first-order valence-electron chi connectivity index (χ1n) is 10.5. The third-order valence-corrected chi connectivity index (χ3v) is 4.97. The van der Waals surface area contributed by atoms with E-state index in [0.29, 0.717) is 0 Å². The predicted octanol–water partition coefficient (Wildman–Crippen LogP) is 5.38. The van der Waals surface area contributed by atoms with Gasteiger partial charge in [-0.3, -0.25) is 0 Å².